The van der Waals surface area contributed by atoms with Gasteiger partial charge in [-0.3, -0.25) is 5.32 Å². The second-order valence-electron chi connectivity index (χ2n) is 4.27. The van der Waals surface area contributed by atoms with Crippen LogP contribution in [0.3, 0.4) is 0 Å². The molecule has 0 bridgehead atoms. The van der Waals surface area contributed by atoms with Gasteiger partial charge in [0.15, 0.2) is 0 Å². The Morgan fingerprint density at radius 3 is 2.65 bits per heavy atom. The fraction of sp³-hybridized carbons (Fsp3) is 0.364. The summed E-state index contributed by atoms with van der Waals surface area (Å²) in [5.41, 5.74) is -0.824. The number of carbonyl (C=O) groups is 1. The van der Waals surface area contributed by atoms with Gasteiger partial charge in [-0.2, -0.15) is 9.65 Å². The maximum atomic E-state index is 13.1. The second kappa shape index (κ2) is 4.78. The van der Waals surface area contributed by atoms with Gasteiger partial charge in [-0.05, 0) is 32.9 Å². The summed E-state index contributed by atoms with van der Waals surface area (Å²) in [7, 11) is 0. The van der Waals surface area contributed by atoms with Crippen LogP contribution in [0.2, 0.25) is 0 Å². The highest BCUT2D eigenvalue weighted by atomic mass is 19.1. The van der Waals surface area contributed by atoms with Crippen molar-refractivity contribution in [1.82, 2.24) is 4.98 Å². The van der Waals surface area contributed by atoms with E-state index in [-0.39, 0.29) is 11.4 Å². The van der Waals surface area contributed by atoms with Crippen molar-refractivity contribution in [2.24, 2.45) is 0 Å². The van der Waals surface area contributed by atoms with Gasteiger partial charge >= 0.3 is 6.09 Å². The van der Waals surface area contributed by atoms with Gasteiger partial charge in [0.1, 0.15) is 23.1 Å². The highest BCUT2D eigenvalue weighted by molar-refractivity contribution is 5.83. The molecule has 1 N–H and O–H groups in total. The number of nitrogens with one attached hydrogen (secondary N) is 1. The lowest BCUT2D eigenvalue weighted by Crippen LogP contribution is -2.27. The summed E-state index contributed by atoms with van der Waals surface area (Å²) >= 11 is 0. The standard InChI is InChI=1S/C11H12FN3O2/c1-11(2,3)17-10(16)15-8-5-4-7(6-13)9(12)14-8/h4-5H,1-3H3,(H,14,15,16). The first-order valence-electron chi connectivity index (χ1n) is 4.88. The van der Waals surface area contributed by atoms with Crippen LogP contribution in [0.25, 0.3) is 0 Å². The number of pyridine rings is 1. The van der Waals surface area contributed by atoms with Crippen molar-refractivity contribution in [2.75, 3.05) is 5.32 Å². The summed E-state index contributed by atoms with van der Waals surface area (Å²) in [5.74, 6) is -0.934. The largest absolute Gasteiger partial charge is 0.444 e. The molecule has 0 aromatic carbocycles. The fourth-order valence-electron chi connectivity index (χ4n) is 0.995. The minimum absolute atomic E-state index is 0.00394. The molecule has 0 radical (unpaired) electrons. The molecule has 0 spiro atoms. The van der Waals surface area contributed by atoms with Crippen LogP contribution in [-0.2, 0) is 4.74 Å². The van der Waals surface area contributed by atoms with Crippen LogP contribution in [0, 0.1) is 17.3 Å². The second-order valence-corrected chi connectivity index (χ2v) is 4.27. The molecule has 0 aliphatic carbocycles. The van der Waals surface area contributed by atoms with Gasteiger partial charge in [0, 0.05) is 0 Å². The van der Waals surface area contributed by atoms with Crippen LogP contribution in [0.1, 0.15) is 26.3 Å². The van der Waals surface area contributed by atoms with E-state index in [2.05, 4.69) is 10.3 Å². The van der Waals surface area contributed by atoms with Gasteiger partial charge in [-0.25, -0.2) is 9.78 Å². The topological polar surface area (TPSA) is 75.0 Å². The molecular weight excluding hydrogens is 225 g/mol. The number of rotatable bonds is 1. The first-order valence-corrected chi connectivity index (χ1v) is 4.88. The van der Waals surface area contributed by atoms with Gasteiger partial charge in [0.05, 0.1) is 0 Å². The molecule has 0 atom stereocenters. The Morgan fingerprint density at radius 1 is 1.53 bits per heavy atom. The van der Waals surface area contributed by atoms with Crippen molar-refractivity contribution in [3.8, 4) is 6.07 Å². The molecule has 0 saturated heterocycles. The number of nitriles is 1. The van der Waals surface area contributed by atoms with E-state index in [1.54, 1.807) is 26.8 Å². The van der Waals surface area contributed by atoms with E-state index in [9.17, 15) is 9.18 Å². The van der Waals surface area contributed by atoms with Crippen molar-refractivity contribution >= 4 is 11.9 Å². The van der Waals surface area contributed by atoms with Crippen LogP contribution in [0.15, 0.2) is 12.1 Å². The van der Waals surface area contributed by atoms with E-state index in [1.807, 2.05) is 0 Å². The van der Waals surface area contributed by atoms with E-state index in [4.69, 9.17) is 10.00 Å². The van der Waals surface area contributed by atoms with Gasteiger partial charge in [-0.15, -0.1) is 0 Å². The van der Waals surface area contributed by atoms with Crippen molar-refractivity contribution < 1.29 is 13.9 Å². The van der Waals surface area contributed by atoms with E-state index < -0.39 is 17.6 Å². The van der Waals surface area contributed by atoms with E-state index in [1.165, 1.54) is 12.1 Å². The molecule has 0 unspecified atom stereocenters. The molecule has 0 aliphatic heterocycles. The molecule has 1 aromatic heterocycles. The lowest BCUT2D eigenvalue weighted by atomic mass is 10.2. The average Bonchev–Trinajstić information content (AvgIpc) is 2.14. The molecule has 6 heteroatoms. The number of nitrogens with zero attached hydrogens (tertiary/aromatic N) is 2. The minimum atomic E-state index is -0.930. The summed E-state index contributed by atoms with van der Waals surface area (Å²) in [6.45, 7) is 5.12. The third-order valence-corrected chi connectivity index (χ3v) is 1.60. The molecule has 17 heavy (non-hydrogen) atoms. The molecule has 0 aliphatic rings. The summed E-state index contributed by atoms with van der Waals surface area (Å²) in [5, 5.41) is 10.8. The van der Waals surface area contributed by atoms with Crippen molar-refractivity contribution in [3.05, 3.63) is 23.6 Å². The number of amides is 1. The number of aromatic nitrogens is 1. The summed E-state index contributed by atoms with van der Waals surface area (Å²) in [6, 6.07) is 4.19. The van der Waals surface area contributed by atoms with Crippen molar-refractivity contribution in [2.45, 2.75) is 26.4 Å². The number of hydrogen-bond acceptors (Lipinski definition) is 4. The van der Waals surface area contributed by atoms with Crippen LogP contribution < -0.4 is 5.32 Å². The van der Waals surface area contributed by atoms with Gasteiger partial charge in [0.25, 0.3) is 0 Å². The number of halogens is 1. The van der Waals surface area contributed by atoms with Crippen LogP contribution in [0.4, 0.5) is 15.0 Å². The Hall–Kier alpha value is -2.16. The highest BCUT2D eigenvalue weighted by Crippen LogP contribution is 2.12. The number of ether oxygens (including phenoxy) is 1. The summed E-state index contributed by atoms with van der Waals surface area (Å²) in [6.07, 6.45) is -0.728. The first kappa shape index (κ1) is 12.9. The van der Waals surface area contributed by atoms with Crippen LogP contribution in [-0.4, -0.2) is 16.7 Å². The number of anilines is 1. The SMILES string of the molecule is CC(C)(C)OC(=O)Nc1ccc(C#N)c(F)n1. The minimum Gasteiger partial charge on any atom is -0.444 e. The van der Waals surface area contributed by atoms with Crippen LogP contribution in [0.5, 0.6) is 0 Å². The maximum Gasteiger partial charge on any atom is 0.413 e. The first-order chi connectivity index (χ1) is 7.81. The molecule has 1 rings (SSSR count). The van der Waals surface area contributed by atoms with Gasteiger partial charge in [0.2, 0.25) is 5.95 Å². The van der Waals surface area contributed by atoms with Gasteiger partial charge < -0.3 is 4.74 Å². The highest BCUT2D eigenvalue weighted by Gasteiger charge is 2.17. The third-order valence-electron chi connectivity index (χ3n) is 1.60. The Balaban J connectivity index is 2.74. The molecule has 1 amide bonds. The quantitative estimate of drug-likeness (QED) is 0.761. The number of hydrogen-bond donors (Lipinski definition) is 1. The molecule has 1 aromatic rings. The molecule has 90 valence electrons. The zero-order valence-corrected chi connectivity index (χ0v) is 9.74. The smallest absolute Gasteiger partial charge is 0.413 e. The lowest BCUT2D eigenvalue weighted by Gasteiger charge is -2.19. The zero-order chi connectivity index (χ0) is 13.1. The predicted octanol–water partition coefficient (Wildman–Crippen LogP) is 2.44. The Bertz CT molecular complexity index is 475. The van der Waals surface area contributed by atoms with Gasteiger partial charge in [-0.1, -0.05) is 0 Å². The maximum absolute atomic E-state index is 13.1. The molecular formula is C11H12FN3O2. The number of carbonyl (C=O) groups excluding carboxylic acids is 1. The van der Waals surface area contributed by atoms with E-state index in [0.717, 1.165) is 0 Å². The summed E-state index contributed by atoms with van der Waals surface area (Å²) < 4.78 is 18.1. The molecule has 0 fully saturated rings. The van der Waals surface area contributed by atoms with Crippen LogP contribution >= 0.6 is 0 Å². The molecule has 0 saturated carbocycles. The Labute approximate surface area is 98.2 Å². The summed E-state index contributed by atoms with van der Waals surface area (Å²) in [4.78, 5) is 14.7. The predicted molar refractivity (Wildman–Crippen MR) is 58.8 cm³/mol. The molecule has 1 heterocycles. The van der Waals surface area contributed by atoms with E-state index >= 15 is 0 Å². The Kier molecular flexibility index (Phi) is 3.63. The Morgan fingerprint density at radius 2 is 2.18 bits per heavy atom. The third kappa shape index (κ3) is 4.07. The molecule has 5 nitrogen and oxygen atoms in total. The van der Waals surface area contributed by atoms with Crippen molar-refractivity contribution in [3.63, 3.8) is 0 Å². The zero-order valence-electron chi connectivity index (χ0n) is 9.74. The van der Waals surface area contributed by atoms with Crippen molar-refractivity contribution in [1.29, 1.82) is 5.26 Å². The normalized spacial score (nSPS) is 10.5. The van der Waals surface area contributed by atoms with E-state index in [0.29, 0.717) is 0 Å². The average molecular weight is 237 g/mol. The lowest BCUT2D eigenvalue weighted by molar-refractivity contribution is 0.0635. The fourth-order valence-corrected chi connectivity index (χ4v) is 0.995. The monoisotopic (exact) mass is 237 g/mol.